The van der Waals surface area contributed by atoms with Crippen molar-refractivity contribution in [3.8, 4) is 0 Å². The molecule has 3 aromatic carbocycles. The normalized spacial score (nSPS) is 18.5. The molecule has 4 rings (SSSR count). The number of hydrogen-bond donors (Lipinski definition) is 2. The molecule has 0 saturated carbocycles. The molecule has 1 amide bonds. The molecule has 2 unspecified atom stereocenters. The van der Waals surface area contributed by atoms with Gasteiger partial charge in [-0.2, -0.15) is 4.31 Å². The van der Waals surface area contributed by atoms with Crippen molar-refractivity contribution in [2.45, 2.75) is 30.2 Å². The number of carbonyl (C=O) groups excluding carboxylic acids is 1. The van der Waals surface area contributed by atoms with Gasteiger partial charge >= 0.3 is 0 Å². The average molecular weight is 492 g/mol. The molecule has 2 N–H and O–H groups in total. The van der Waals surface area contributed by atoms with E-state index in [1.165, 1.54) is 4.31 Å². The predicted molar refractivity (Wildman–Crippen MR) is 139 cm³/mol. The molecule has 1 saturated heterocycles. The van der Waals surface area contributed by atoms with Crippen LogP contribution in [0.1, 0.15) is 29.0 Å². The van der Waals surface area contributed by atoms with Crippen LogP contribution in [0.2, 0.25) is 0 Å². The van der Waals surface area contributed by atoms with Crippen molar-refractivity contribution in [2.24, 2.45) is 5.92 Å². The van der Waals surface area contributed by atoms with Gasteiger partial charge in [0.15, 0.2) is 0 Å². The number of hydrogen-bond acceptors (Lipinski definition) is 4. The third-order valence-electron chi connectivity index (χ3n) is 6.79. The van der Waals surface area contributed by atoms with Crippen molar-refractivity contribution in [1.29, 1.82) is 0 Å². The maximum Gasteiger partial charge on any atom is 0.243 e. The summed E-state index contributed by atoms with van der Waals surface area (Å²) in [7, 11) is -2.04. The predicted octanol–water partition coefficient (Wildman–Crippen LogP) is 3.54. The lowest BCUT2D eigenvalue weighted by Gasteiger charge is -2.35. The zero-order valence-corrected chi connectivity index (χ0v) is 21.0. The van der Waals surface area contributed by atoms with E-state index in [0.717, 1.165) is 16.7 Å². The van der Waals surface area contributed by atoms with Crippen molar-refractivity contribution in [3.63, 3.8) is 0 Å². The first-order valence-corrected chi connectivity index (χ1v) is 13.4. The number of nitrogens with one attached hydrogen (secondary N) is 2. The van der Waals surface area contributed by atoms with Gasteiger partial charge in [0, 0.05) is 38.6 Å². The molecule has 1 fully saturated rings. The van der Waals surface area contributed by atoms with Crippen LogP contribution in [0.3, 0.4) is 0 Å². The Kier molecular flexibility index (Phi) is 8.00. The maximum absolute atomic E-state index is 13.2. The topological polar surface area (TPSA) is 78.5 Å². The van der Waals surface area contributed by atoms with Crippen LogP contribution in [-0.2, 0) is 14.8 Å². The molecule has 1 heterocycles. The van der Waals surface area contributed by atoms with Gasteiger partial charge in [-0.1, -0.05) is 78.4 Å². The Morgan fingerprint density at radius 3 is 2.09 bits per heavy atom. The van der Waals surface area contributed by atoms with E-state index in [1.54, 1.807) is 31.3 Å². The number of sulfonamides is 1. The summed E-state index contributed by atoms with van der Waals surface area (Å²) in [6.45, 7) is 3.45. The van der Waals surface area contributed by atoms with Gasteiger partial charge < -0.3 is 10.6 Å². The van der Waals surface area contributed by atoms with Gasteiger partial charge in [0.1, 0.15) is 0 Å². The number of carbonyl (C=O) groups is 1. The van der Waals surface area contributed by atoms with Gasteiger partial charge in [-0.05, 0) is 36.6 Å². The molecule has 2 atom stereocenters. The summed E-state index contributed by atoms with van der Waals surface area (Å²) in [5.41, 5.74) is 3.29. The average Bonchev–Trinajstić information content (AvgIpc) is 2.90. The molecule has 0 spiro atoms. The third kappa shape index (κ3) is 5.99. The lowest BCUT2D eigenvalue weighted by molar-refractivity contribution is -0.125. The van der Waals surface area contributed by atoms with Crippen molar-refractivity contribution in [2.75, 3.05) is 26.7 Å². The molecule has 3 aromatic rings. The highest BCUT2D eigenvalue weighted by atomic mass is 32.2. The second-order valence-corrected chi connectivity index (χ2v) is 11.2. The van der Waals surface area contributed by atoms with Gasteiger partial charge in [0.25, 0.3) is 0 Å². The summed E-state index contributed by atoms with van der Waals surface area (Å²) in [6, 6.07) is 26.9. The highest BCUT2D eigenvalue weighted by Gasteiger charge is 2.34. The zero-order chi connectivity index (χ0) is 24.8. The SMILES string of the molecule is Cc1ccc(S(=O)(=O)N(C)C2CNCC(C(=O)NCC(c3ccccc3)c3ccccc3)C2)cc1. The quantitative estimate of drug-likeness (QED) is 0.505. The fraction of sp³-hybridized carbons (Fsp3) is 0.321. The van der Waals surface area contributed by atoms with E-state index in [9.17, 15) is 13.2 Å². The minimum Gasteiger partial charge on any atom is -0.355 e. The summed E-state index contributed by atoms with van der Waals surface area (Å²) in [4.78, 5) is 13.4. The van der Waals surface area contributed by atoms with Crippen LogP contribution in [0.5, 0.6) is 0 Å². The van der Waals surface area contributed by atoms with Crippen molar-refractivity contribution >= 4 is 15.9 Å². The van der Waals surface area contributed by atoms with Crippen LogP contribution < -0.4 is 10.6 Å². The Labute approximate surface area is 208 Å². The summed E-state index contributed by atoms with van der Waals surface area (Å²) in [5.74, 6) is -0.324. The fourth-order valence-electron chi connectivity index (χ4n) is 4.61. The Balaban J connectivity index is 1.43. The monoisotopic (exact) mass is 491 g/mol. The Bertz CT molecular complexity index is 1180. The molecule has 0 bridgehead atoms. The van der Waals surface area contributed by atoms with Crippen molar-refractivity contribution < 1.29 is 13.2 Å². The van der Waals surface area contributed by atoms with Gasteiger partial charge in [-0.3, -0.25) is 4.79 Å². The third-order valence-corrected chi connectivity index (χ3v) is 8.72. The number of benzene rings is 3. The number of likely N-dealkylation sites (N-methyl/N-ethyl adjacent to an activating group) is 1. The minimum atomic E-state index is -3.64. The molecule has 35 heavy (non-hydrogen) atoms. The number of aryl methyl sites for hydroxylation is 1. The van der Waals surface area contributed by atoms with E-state index in [1.807, 2.05) is 43.3 Å². The summed E-state index contributed by atoms with van der Waals surface area (Å²) in [6.07, 6.45) is 0.474. The molecular formula is C28H33N3O3S. The number of amides is 1. The van der Waals surface area contributed by atoms with Gasteiger partial charge in [-0.25, -0.2) is 8.42 Å². The van der Waals surface area contributed by atoms with Crippen LogP contribution >= 0.6 is 0 Å². The van der Waals surface area contributed by atoms with Crippen LogP contribution in [-0.4, -0.2) is 51.4 Å². The first-order chi connectivity index (χ1) is 16.9. The molecule has 0 aliphatic carbocycles. The second kappa shape index (κ2) is 11.2. The number of piperidine rings is 1. The van der Waals surface area contributed by atoms with Crippen molar-refractivity contribution in [1.82, 2.24) is 14.9 Å². The van der Waals surface area contributed by atoms with Crippen LogP contribution in [0, 0.1) is 12.8 Å². The van der Waals surface area contributed by atoms with Gasteiger partial charge in [0.05, 0.1) is 10.8 Å². The first-order valence-electron chi connectivity index (χ1n) is 12.0. The lowest BCUT2D eigenvalue weighted by atomic mass is 9.90. The van der Waals surface area contributed by atoms with E-state index in [2.05, 4.69) is 34.9 Å². The standard InChI is InChI=1S/C28H33N3O3S/c1-21-13-15-26(16-14-21)35(33,34)31(2)25-17-24(18-29-19-25)28(32)30-20-27(22-9-5-3-6-10-22)23-11-7-4-8-12-23/h3-16,24-25,27,29H,17-20H2,1-2H3,(H,30,32). The Morgan fingerprint density at radius 1 is 0.943 bits per heavy atom. The Hall–Kier alpha value is -3.00. The highest BCUT2D eigenvalue weighted by Crippen LogP contribution is 2.25. The van der Waals surface area contributed by atoms with E-state index >= 15 is 0 Å². The lowest BCUT2D eigenvalue weighted by Crippen LogP contribution is -2.52. The van der Waals surface area contributed by atoms with Crippen molar-refractivity contribution in [3.05, 3.63) is 102 Å². The molecule has 6 nitrogen and oxygen atoms in total. The summed E-state index contributed by atoms with van der Waals surface area (Å²) in [5, 5.41) is 6.40. The van der Waals surface area contributed by atoms with Crippen LogP contribution in [0.25, 0.3) is 0 Å². The van der Waals surface area contributed by atoms with Gasteiger partial charge in [-0.15, -0.1) is 0 Å². The van der Waals surface area contributed by atoms with E-state index < -0.39 is 10.0 Å². The molecule has 0 radical (unpaired) electrons. The van der Waals surface area contributed by atoms with E-state index in [4.69, 9.17) is 0 Å². The molecule has 1 aliphatic rings. The van der Waals surface area contributed by atoms with Gasteiger partial charge in [0.2, 0.25) is 15.9 Å². The minimum absolute atomic E-state index is 0.0401. The molecule has 0 aromatic heterocycles. The largest absolute Gasteiger partial charge is 0.355 e. The van der Waals surface area contributed by atoms with E-state index in [-0.39, 0.29) is 28.7 Å². The Morgan fingerprint density at radius 2 is 1.51 bits per heavy atom. The smallest absolute Gasteiger partial charge is 0.243 e. The molecule has 1 aliphatic heterocycles. The molecule has 7 heteroatoms. The highest BCUT2D eigenvalue weighted by molar-refractivity contribution is 7.89. The summed E-state index contributed by atoms with van der Waals surface area (Å²) < 4.78 is 27.7. The fourth-order valence-corrected chi connectivity index (χ4v) is 5.98. The number of nitrogens with zero attached hydrogens (tertiary/aromatic N) is 1. The number of rotatable bonds is 8. The van der Waals surface area contributed by atoms with Crippen LogP contribution in [0.15, 0.2) is 89.8 Å². The van der Waals surface area contributed by atoms with E-state index in [0.29, 0.717) is 26.1 Å². The van der Waals surface area contributed by atoms with Crippen LogP contribution in [0.4, 0.5) is 0 Å². The molecule has 184 valence electrons. The summed E-state index contributed by atoms with van der Waals surface area (Å²) >= 11 is 0. The molecular weight excluding hydrogens is 458 g/mol. The maximum atomic E-state index is 13.2. The second-order valence-electron chi connectivity index (χ2n) is 9.20. The zero-order valence-electron chi connectivity index (χ0n) is 20.2. The first kappa shape index (κ1) is 25.1.